The molecule has 8 nitrogen and oxygen atoms in total. The minimum Gasteiger partial charge on any atom is -0.480 e. The van der Waals surface area contributed by atoms with Gasteiger partial charge in [0.15, 0.2) is 0 Å². The molecule has 0 spiro atoms. The topological polar surface area (TPSA) is 142 Å². The van der Waals surface area contributed by atoms with Gasteiger partial charge in [-0.15, -0.1) is 0 Å². The highest BCUT2D eigenvalue weighted by Gasteiger charge is 2.26. The molecule has 0 aromatic heterocycles. The van der Waals surface area contributed by atoms with Crippen LogP contribution in [0.1, 0.15) is 6.42 Å². The lowest BCUT2D eigenvalue weighted by atomic mass is 10.2. The first-order chi connectivity index (χ1) is 9.87. The molecule has 0 aliphatic carbocycles. The van der Waals surface area contributed by atoms with E-state index in [-0.39, 0.29) is 12.2 Å². The minimum atomic E-state index is -1.15. The number of carboxylic acid groups (broad SMARTS) is 1. The van der Waals surface area contributed by atoms with Gasteiger partial charge < -0.3 is 26.6 Å². The molecule has 0 aliphatic rings. The second-order valence-corrected chi connectivity index (χ2v) is 5.56. The number of rotatable bonds is 10. The van der Waals surface area contributed by atoms with Crippen LogP contribution in [-0.2, 0) is 14.4 Å². The van der Waals surface area contributed by atoms with Crippen LogP contribution in [0.3, 0.4) is 0 Å². The number of aliphatic hydroxyl groups is 1. The molecule has 2 amide bonds. The summed E-state index contributed by atoms with van der Waals surface area (Å²) in [7, 11) is 0. The number of nitrogens with one attached hydrogen (secondary N) is 2. The normalized spacial score (nSPS) is 14.9. The first-order valence-electron chi connectivity index (χ1n) is 6.17. The lowest BCUT2D eigenvalue weighted by Crippen LogP contribution is -2.55. The SMILES string of the molecule is CSCCC(NC(=O)C(CS)NC(=O)C(N)CO)C(=O)O. The maximum Gasteiger partial charge on any atom is 0.326 e. The Morgan fingerprint density at radius 2 is 1.81 bits per heavy atom. The van der Waals surface area contributed by atoms with E-state index in [2.05, 4.69) is 23.3 Å². The van der Waals surface area contributed by atoms with Crippen LogP contribution in [0.5, 0.6) is 0 Å². The predicted molar refractivity (Wildman–Crippen MR) is 83.4 cm³/mol. The van der Waals surface area contributed by atoms with Crippen molar-refractivity contribution in [2.45, 2.75) is 24.5 Å². The number of carboxylic acids is 1. The summed E-state index contributed by atoms with van der Waals surface area (Å²) in [5, 5.41) is 22.4. The molecular weight excluding hydrogens is 318 g/mol. The van der Waals surface area contributed by atoms with E-state index in [0.29, 0.717) is 5.75 Å². The fraction of sp³-hybridized carbons (Fsp3) is 0.727. The Balaban J connectivity index is 4.62. The van der Waals surface area contributed by atoms with Gasteiger partial charge in [-0.3, -0.25) is 9.59 Å². The van der Waals surface area contributed by atoms with Crippen molar-refractivity contribution in [1.82, 2.24) is 10.6 Å². The third kappa shape index (κ3) is 7.55. The number of amides is 2. The van der Waals surface area contributed by atoms with E-state index >= 15 is 0 Å². The Bertz CT molecular complexity index is 370. The van der Waals surface area contributed by atoms with Crippen LogP contribution in [0, 0.1) is 0 Å². The Morgan fingerprint density at radius 1 is 1.24 bits per heavy atom. The fourth-order valence-corrected chi connectivity index (χ4v) is 2.05. The number of hydrogen-bond donors (Lipinski definition) is 6. The van der Waals surface area contributed by atoms with Crippen LogP contribution < -0.4 is 16.4 Å². The van der Waals surface area contributed by atoms with Crippen molar-refractivity contribution in [1.29, 1.82) is 0 Å². The van der Waals surface area contributed by atoms with E-state index in [1.807, 2.05) is 6.26 Å². The average Bonchev–Trinajstić information content (AvgIpc) is 2.46. The van der Waals surface area contributed by atoms with Gasteiger partial charge in [0.25, 0.3) is 0 Å². The van der Waals surface area contributed by atoms with Gasteiger partial charge in [0.2, 0.25) is 11.8 Å². The van der Waals surface area contributed by atoms with Crippen LogP contribution >= 0.6 is 24.4 Å². The fourth-order valence-electron chi connectivity index (χ4n) is 1.32. The Hall–Kier alpha value is -0.970. The van der Waals surface area contributed by atoms with Crippen LogP contribution in [-0.4, -0.2) is 70.5 Å². The molecule has 0 rings (SSSR count). The summed E-state index contributed by atoms with van der Waals surface area (Å²) in [5.41, 5.74) is 5.32. The van der Waals surface area contributed by atoms with Crippen molar-refractivity contribution in [2.75, 3.05) is 24.4 Å². The van der Waals surface area contributed by atoms with Crippen molar-refractivity contribution in [3.63, 3.8) is 0 Å². The van der Waals surface area contributed by atoms with Gasteiger partial charge in [-0.1, -0.05) is 0 Å². The zero-order chi connectivity index (χ0) is 16.4. The van der Waals surface area contributed by atoms with Gasteiger partial charge >= 0.3 is 5.97 Å². The molecule has 10 heteroatoms. The van der Waals surface area contributed by atoms with Gasteiger partial charge in [-0.25, -0.2) is 4.79 Å². The van der Waals surface area contributed by atoms with Crippen molar-refractivity contribution >= 4 is 42.2 Å². The smallest absolute Gasteiger partial charge is 0.326 e. The molecule has 0 saturated heterocycles. The van der Waals surface area contributed by atoms with Gasteiger partial charge in [0.1, 0.15) is 18.1 Å². The molecule has 122 valence electrons. The number of thiol groups is 1. The van der Waals surface area contributed by atoms with Crippen LogP contribution in [0.15, 0.2) is 0 Å². The van der Waals surface area contributed by atoms with E-state index in [0.717, 1.165) is 0 Å². The summed E-state index contributed by atoms with van der Waals surface area (Å²) >= 11 is 5.40. The van der Waals surface area contributed by atoms with Gasteiger partial charge in [-0.05, 0) is 18.4 Å². The van der Waals surface area contributed by atoms with Crippen molar-refractivity contribution in [2.24, 2.45) is 5.73 Å². The van der Waals surface area contributed by atoms with Gasteiger partial charge in [-0.2, -0.15) is 24.4 Å². The quantitative estimate of drug-likeness (QED) is 0.254. The highest BCUT2D eigenvalue weighted by atomic mass is 32.2. The second-order valence-electron chi connectivity index (χ2n) is 4.21. The largest absolute Gasteiger partial charge is 0.480 e. The number of nitrogens with two attached hydrogens (primary N) is 1. The predicted octanol–water partition coefficient (Wildman–Crippen LogP) is -1.96. The average molecular weight is 339 g/mol. The van der Waals surface area contributed by atoms with Crippen LogP contribution in [0.4, 0.5) is 0 Å². The highest BCUT2D eigenvalue weighted by molar-refractivity contribution is 7.98. The Labute approximate surface area is 132 Å². The molecule has 0 saturated carbocycles. The van der Waals surface area contributed by atoms with E-state index in [1.54, 1.807) is 0 Å². The Morgan fingerprint density at radius 3 is 2.24 bits per heavy atom. The highest BCUT2D eigenvalue weighted by Crippen LogP contribution is 2.02. The van der Waals surface area contributed by atoms with Crippen LogP contribution in [0.25, 0.3) is 0 Å². The second kappa shape index (κ2) is 10.7. The first-order valence-corrected chi connectivity index (χ1v) is 8.19. The summed E-state index contributed by atoms with van der Waals surface area (Å²) < 4.78 is 0. The standard InChI is InChI=1S/C11H21N3O5S2/c1-21-3-2-7(11(18)19)13-10(17)8(5-20)14-9(16)6(12)4-15/h6-8,15,20H,2-5,12H2,1H3,(H,13,17)(H,14,16)(H,18,19). The zero-order valence-electron chi connectivity index (χ0n) is 11.6. The summed E-state index contributed by atoms with van der Waals surface area (Å²) in [5.74, 6) is -1.96. The molecule has 0 aliphatic heterocycles. The molecule has 0 heterocycles. The van der Waals surface area contributed by atoms with Crippen molar-refractivity contribution in [3.05, 3.63) is 0 Å². The van der Waals surface area contributed by atoms with E-state index < -0.39 is 42.5 Å². The third-order valence-corrected chi connectivity index (χ3v) is 3.58. The molecule has 0 fully saturated rings. The molecule has 21 heavy (non-hydrogen) atoms. The van der Waals surface area contributed by atoms with Gasteiger partial charge in [0.05, 0.1) is 6.61 Å². The first kappa shape index (κ1) is 20.0. The Kier molecular flexibility index (Phi) is 10.2. The number of aliphatic carboxylic acids is 1. The maximum absolute atomic E-state index is 12.0. The number of aliphatic hydroxyl groups excluding tert-OH is 1. The molecule has 0 aromatic rings. The molecule has 3 atom stereocenters. The minimum absolute atomic E-state index is 0.0232. The molecular formula is C11H21N3O5S2. The van der Waals surface area contributed by atoms with Crippen molar-refractivity contribution in [3.8, 4) is 0 Å². The van der Waals surface area contributed by atoms with E-state index in [4.69, 9.17) is 15.9 Å². The summed E-state index contributed by atoms with van der Waals surface area (Å²) in [6, 6.07) is -3.20. The summed E-state index contributed by atoms with van der Waals surface area (Å²) in [6.07, 6.45) is 2.10. The molecule has 0 bridgehead atoms. The van der Waals surface area contributed by atoms with Crippen molar-refractivity contribution < 1.29 is 24.6 Å². The monoisotopic (exact) mass is 339 g/mol. The summed E-state index contributed by atoms with van der Waals surface area (Å²) in [4.78, 5) is 34.5. The lowest BCUT2D eigenvalue weighted by Gasteiger charge is -2.21. The maximum atomic E-state index is 12.0. The number of carbonyl (C=O) groups is 3. The lowest BCUT2D eigenvalue weighted by molar-refractivity contribution is -0.142. The molecule has 6 N–H and O–H groups in total. The third-order valence-electron chi connectivity index (χ3n) is 2.57. The number of carbonyl (C=O) groups excluding carboxylic acids is 2. The van der Waals surface area contributed by atoms with Gasteiger partial charge in [0, 0.05) is 5.75 Å². The van der Waals surface area contributed by atoms with E-state index in [1.165, 1.54) is 11.8 Å². The number of thioether (sulfide) groups is 1. The molecule has 3 unspecified atom stereocenters. The number of hydrogen-bond acceptors (Lipinski definition) is 7. The molecule has 0 aromatic carbocycles. The van der Waals surface area contributed by atoms with Crippen LogP contribution in [0.2, 0.25) is 0 Å². The summed E-state index contributed by atoms with van der Waals surface area (Å²) in [6.45, 7) is -0.557. The molecule has 0 radical (unpaired) electrons. The van der Waals surface area contributed by atoms with E-state index in [9.17, 15) is 14.4 Å². The zero-order valence-corrected chi connectivity index (χ0v) is 13.3.